The van der Waals surface area contributed by atoms with Crippen molar-refractivity contribution >= 4 is 5.71 Å². The van der Waals surface area contributed by atoms with Crippen LogP contribution in [0.15, 0.2) is 5.16 Å². The monoisotopic (exact) mass is 159 g/mol. The minimum atomic E-state index is 0.542. The SMILES string of the molecule is CCC(CC)=NOCCOC. The molecule has 0 saturated carbocycles. The highest BCUT2D eigenvalue weighted by molar-refractivity contribution is 5.83. The average Bonchev–Trinajstić information content (AvgIpc) is 2.05. The first kappa shape index (κ1) is 10.4. The van der Waals surface area contributed by atoms with Crippen molar-refractivity contribution in [3.05, 3.63) is 0 Å². The fourth-order valence-corrected chi connectivity index (χ4v) is 0.637. The van der Waals surface area contributed by atoms with Gasteiger partial charge < -0.3 is 9.57 Å². The number of methoxy groups -OCH3 is 1. The zero-order valence-electron chi connectivity index (χ0n) is 7.59. The maximum Gasteiger partial charge on any atom is 0.140 e. The van der Waals surface area contributed by atoms with Gasteiger partial charge in [-0.1, -0.05) is 19.0 Å². The van der Waals surface area contributed by atoms with Gasteiger partial charge in [-0.05, 0) is 12.8 Å². The Morgan fingerprint density at radius 2 is 1.82 bits per heavy atom. The molecule has 0 unspecified atom stereocenters. The largest absolute Gasteiger partial charge is 0.393 e. The highest BCUT2D eigenvalue weighted by Crippen LogP contribution is 1.92. The fourth-order valence-electron chi connectivity index (χ4n) is 0.637. The average molecular weight is 159 g/mol. The van der Waals surface area contributed by atoms with E-state index in [1.54, 1.807) is 7.11 Å². The molecule has 3 heteroatoms. The topological polar surface area (TPSA) is 30.8 Å². The van der Waals surface area contributed by atoms with Crippen LogP contribution >= 0.6 is 0 Å². The van der Waals surface area contributed by atoms with E-state index in [1.165, 1.54) is 0 Å². The van der Waals surface area contributed by atoms with E-state index in [-0.39, 0.29) is 0 Å². The van der Waals surface area contributed by atoms with Gasteiger partial charge in [-0.2, -0.15) is 0 Å². The third kappa shape index (κ3) is 5.85. The van der Waals surface area contributed by atoms with Crippen molar-refractivity contribution in [1.29, 1.82) is 0 Å². The number of ether oxygens (including phenoxy) is 1. The van der Waals surface area contributed by atoms with E-state index in [4.69, 9.17) is 9.57 Å². The molecule has 0 bridgehead atoms. The molecule has 0 aliphatic heterocycles. The number of hydrogen-bond donors (Lipinski definition) is 0. The van der Waals surface area contributed by atoms with E-state index in [9.17, 15) is 0 Å². The van der Waals surface area contributed by atoms with Gasteiger partial charge in [-0.15, -0.1) is 0 Å². The number of oxime groups is 1. The molecule has 0 spiro atoms. The van der Waals surface area contributed by atoms with Crippen molar-refractivity contribution in [3.63, 3.8) is 0 Å². The van der Waals surface area contributed by atoms with Gasteiger partial charge >= 0.3 is 0 Å². The molecule has 0 radical (unpaired) electrons. The molecule has 0 aliphatic rings. The maximum atomic E-state index is 4.98. The summed E-state index contributed by atoms with van der Waals surface area (Å²) in [5.74, 6) is 0. The molecule has 0 saturated heterocycles. The van der Waals surface area contributed by atoms with Crippen molar-refractivity contribution in [3.8, 4) is 0 Å². The van der Waals surface area contributed by atoms with Crippen LogP contribution in [-0.4, -0.2) is 26.0 Å². The van der Waals surface area contributed by atoms with Gasteiger partial charge in [-0.3, -0.25) is 0 Å². The molecular formula is C8H17NO2. The van der Waals surface area contributed by atoms with Gasteiger partial charge in [0.05, 0.1) is 12.3 Å². The minimum absolute atomic E-state index is 0.542. The maximum absolute atomic E-state index is 4.98. The van der Waals surface area contributed by atoms with Crippen LogP contribution in [0.3, 0.4) is 0 Å². The Hall–Kier alpha value is -0.570. The summed E-state index contributed by atoms with van der Waals surface area (Å²) in [7, 11) is 1.65. The summed E-state index contributed by atoms with van der Waals surface area (Å²) in [5.41, 5.74) is 1.10. The smallest absolute Gasteiger partial charge is 0.140 e. The molecule has 3 nitrogen and oxygen atoms in total. The summed E-state index contributed by atoms with van der Waals surface area (Å²) in [5, 5.41) is 3.93. The molecule has 0 rings (SSSR count). The van der Waals surface area contributed by atoms with Crippen LogP contribution in [0.5, 0.6) is 0 Å². The lowest BCUT2D eigenvalue weighted by atomic mass is 10.2. The van der Waals surface area contributed by atoms with E-state index in [0.29, 0.717) is 13.2 Å². The van der Waals surface area contributed by atoms with Crippen LogP contribution in [0.2, 0.25) is 0 Å². The number of hydrogen-bond acceptors (Lipinski definition) is 3. The summed E-state index contributed by atoms with van der Waals surface area (Å²) >= 11 is 0. The van der Waals surface area contributed by atoms with Gasteiger partial charge in [0.2, 0.25) is 0 Å². The van der Waals surface area contributed by atoms with Crippen molar-refractivity contribution in [2.75, 3.05) is 20.3 Å². The molecule has 11 heavy (non-hydrogen) atoms. The van der Waals surface area contributed by atoms with Crippen LogP contribution in [0, 0.1) is 0 Å². The minimum Gasteiger partial charge on any atom is -0.393 e. The molecule has 0 aliphatic carbocycles. The number of nitrogens with zero attached hydrogens (tertiary/aromatic N) is 1. The summed E-state index contributed by atoms with van der Waals surface area (Å²) < 4.78 is 4.80. The van der Waals surface area contributed by atoms with Crippen molar-refractivity contribution in [1.82, 2.24) is 0 Å². The Morgan fingerprint density at radius 1 is 1.18 bits per heavy atom. The summed E-state index contributed by atoms with van der Waals surface area (Å²) in [4.78, 5) is 4.98. The first-order valence-electron chi connectivity index (χ1n) is 4.01. The Balaban J connectivity index is 3.37. The van der Waals surface area contributed by atoms with E-state index in [2.05, 4.69) is 19.0 Å². The highest BCUT2D eigenvalue weighted by atomic mass is 16.6. The molecule has 0 heterocycles. The van der Waals surface area contributed by atoms with Crippen molar-refractivity contribution in [2.24, 2.45) is 5.16 Å². The Morgan fingerprint density at radius 3 is 2.27 bits per heavy atom. The summed E-state index contributed by atoms with van der Waals surface area (Å²) in [6.07, 6.45) is 1.92. The summed E-state index contributed by atoms with van der Waals surface area (Å²) in [6, 6.07) is 0. The highest BCUT2D eigenvalue weighted by Gasteiger charge is 1.91. The molecule has 0 amide bonds. The number of rotatable bonds is 6. The van der Waals surface area contributed by atoms with Crippen molar-refractivity contribution < 1.29 is 9.57 Å². The van der Waals surface area contributed by atoms with Gasteiger partial charge in [-0.25, -0.2) is 0 Å². The third-order valence-electron chi connectivity index (χ3n) is 1.39. The first-order valence-corrected chi connectivity index (χ1v) is 4.01. The zero-order chi connectivity index (χ0) is 8.53. The zero-order valence-corrected chi connectivity index (χ0v) is 7.59. The van der Waals surface area contributed by atoms with Crippen LogP contribution in [0.1, 0.15) is 26.7 Å². The molecule has 66 valence electrons. The normalized spacial score (nSPS) is 9.36. The van der Waals surface area contributed by atoms with Crippen LogP contribution < -0.4 is 0 Å². The molecule has 0 aromatic rings. The molecule has 0 N–H and O–H groups in total. The van der Waals surface area contributed by atoms with Crippen LogP contribution in [0.25, 0.3) is 0 Å². The lowest BCUT2D eigenvalue weighted by molar-refractivity contribution is 0.0745. The Labute approximate surface area is 68.4 Å². The van der Waals surface area contributed by atoms with Gasteiger partial charge in [0, 0.05) is 7.11 Å². The van der Waals surface area contributed by atoms with Crippen LogP contribution in [-0.2, 0) is 9.57 Å². The van der Waals surface area contributed by atoms with Gasteiger partial charge in [0.25, 0.3) is 0 Å². The van der Waals surface area contributed by atoms with Gasteiger partial charge in [0.1, 0.15) is 6.61 Å². The van der Waals surface area contributed by atoms with E-state index >= 15 is 0 Å². The first-order chi connectivity index (χ1) is 5.35. The lowest BCUT2D eigenvalue weighted by Crippen LogP contribution is -2.00. The van der Waals surface area contributed by atoms with E-state index < -0.39 is 0 Å². The predicted octanol–water partition coefficient (Wildman–Crippen LogP) is 1.83. The lowest BCUT2D eigenvalue weighted by Gasteiger charge is -2.00. The van der Waals surface area contributed by atoms with E-state index in [1.807, 2.05) is 0 Å². The third-order valence-corrected chi connectivity index (χ3v) is 1.39. The Bertz CT molecular complexity index is 107. The second-order valence-corrected chi connectivity index (χ2v) is 2.19. The standard InChI is InChI=1S/C8H17NO2/c1-4-8(5-2)9-11-7-6-10-3/h4-7H2,1-3H3. The van der Waals surface area contributed by atoms with E-state index in [0.717, 1.165) is 18.6 Å². The molecule has 0 fully saturated rings. The fraction of sp³-hybridized carbons (Fsp3) is 0.875. The Kier molecular flexibility index (Phi) is 7.15. The van der Waals surface area contributed by atoms with Crippen molar-refractivity contribution in [2.45, 2.75) is 26.7 Å². The molecule has 0 aromatic heterocycles. The second-order valence-electron chi connectivity index (χ2n) is 2.19. The predicted molar refractivity (Wildman–Crippen MR) is 45.8 cm³/mol. The molecule has 0 atom stereocenters. The van der Waals surface area contributed by atoms with Gasteiger partial charge in [0.15, 0.2) is 0 Å². The molecular weight excluding hydrogens is 142 g/mol. The van der Waals surface area contributed by atoms with Crippen LogP contribution in [0.4, 0.5) is 0 Å². The quantitative estimate of drug-likeness (QED) is 0.336. The summed E-state index contributed by atoms with van der Waals surface area (Å²) in [6.45, 7) is 5.29. The molecule has 0 aromatic carbocycles. The second kappa shape index (κ2) is 7.54.